The summed E-state index contributed by atoms with van der Waals surface area (Å²) >= 11 is 0. The van der Waals surface area contributed by atoms with Crippen molar-refractivity contribution in [1.29, 1.82) is 0 Å². The molecule has 0 bridgehead atoms. The van der Waals surface area contributed by atoms with Crippen LogP contribution in [0.5, 0.6) is 0 Å². The van der Waals surface area contributed by atoms with E-state index in [0.717, 1.165) is 0 Å². The summed E-state index contributed by atoms with van der Waals surface area (Å²) in [4.78, 5) is 11.5. The minimum absolute atomic E-state index is 0.0676. The van der Waals surface area contributed by atoms with Gasteiger partial charge in [0.2, 0.25) is 5.91 Å². The zero-order valence-corrected chi connectivity index (χ0v) is 13.2. The van der Waals surface area contributed by atoms with E-state index in [1.807, 2.05) is 0 Å². The number of hydrogen-bond acceptors (Lipinski definition) is 5. The maximum absolute atomic E-state index is 13.2. The van der Waals surface area contributed by atoms with Crippen LogP contribution in [0.3, 0.4) is 0 Å². The van der Waals surface area contributed by atoms with Gasteiger partial charge in [0.1, 0.15) is 5.82 Å². The zero-order valence-electron chi connectivity index (χ0n) is 13.2. The molecule has 0 aliphatic rings. The molecule has 0 radical (unpaired) electrons. The van der Waals surface area contributed by atoms with Crippen LogP contribution < -0.4 is 5.73 Å². The van der Waals surface area contributed by atoms with Gasteiger partial charge in [0.25, 0.3) is 0 Å². The maximum atomic E-state index is 13.2. The van der Waals surface area contributed by atoms with E-state index in [2.05, 4.69) is 0 Å². The van der Waals surface area contributed by atoms with Crippen LogP contribution in [0.25, 0.3) is 11.1 Å². The molecule has 2 aromatic rings. The first-order valence-corrected chi connectivity index (χ1v) is 7.04. The lowest BCUT2D eigenvalue weighted by atomic mass is 9.91. The van der Waals surface area contributed by atoms with Gasteiger partial charge in [-0.05, 0) is 35.4 Å². The molecule has 2 atom stereocenters. The van der Waals surface area contributed by atoms with E-state index in [9.17, 15) is 19.4 Å². The summed E-state index contributed by atoms with van der Waals surface area (Å²) in [5.41, 5.74) is 6.65. The van der Waals surface area contributed by atoms with Gasteiger partial charge in [-0.2, -0.15) is 0 Å². The molecule has 0 aromatic heterocycles. The molecule has 24 heavy (non-hydrogen) atoms. The first kappa shape index (κ1) is 18.0. The number of methoxy groups -OCH3 is 2. The highest BCUT2D eigenvalue weighted by molar-refractivity contribution is 5.94. The fourth-order valence-corrected chi connectivity index (χ4v) is 2.42. The predicted octanol–water partition coefficient (Wildman–Crippen LogP) is 1.87. The van der Waals surface area contributed by atoms with E-state index < -0.39 is 24.3 Å². The van der Waals surface area contributed by atoms with Crippen LogP contribution in [0, 0.1) is 5.82 Å². The number of halogens is 1. The number of hydrogen-bond donors (Lipinski definition) is 3. The fourth-order valence-electron chi connectivity index (χ4n) is 2.42. The second-order valence-corrected chi connectivity index (χ2v) is 5.08. The summed E-state index contributed by atoms with van der Waals surface area (Å²) in [6.45, 7) is 0. The SMILES string of the molecule is COC(O)c1cc(C(N)=O)cc(C(O)OC)c1-c1ccc(F)cc1. The van der Waals surface area contributed by atoms with Crippen molar-refractivity contribution in [2.75, 3.05) is 14.2 Å². The van der Waals surface area contributed by atoms with Crippen molar-refractivity contribution in [2.45, 2.75) is 12.6 Å². The maximum Gasteiger partial charge on any atom is 0.248 e. The second kappa shape index (κ2) is 7.50. The molecule has 0 fully saturated rings. The van der Waals surface area contributed by atoms with Gasteiger partial charge in [0.15, 0.2) is 12.6 Å². The van der Waals surface area contributed by atoms with Crippen molar-refractivity contribution in [1.82, 2.24) is 0 Å². The van der Waals surface area contributed by atoms with Crippen molar-refractivity contribution in [3.8, 4) is 11.1 Å². The zero-order chi connectivity index (χ0) is 17.9. The highest BCUT2D eigenvalue weighted by Gasteiger charge is 2.23. The van der Waals surface area contributed by atoms with Crippen molar-refractivity contribution < 1.29 is 28.9 Å². The van der Waals surface area contributed by atoms with E-state index in [1.54, 1.807) is 0 Å². The number of aliphatic hydroxyl groups excluding tert-OH is 2. The average Bonchev–Trinajstić information content (AvgIpc) is 2.59. The van der Waals surface area contributed by atoms with Crippen molar-refractivity contribution in [3.63, 3.8) is 0 Å². The summed E-state index contributed by atoms with van der Waals surface area (Å²) in [5, 5.41) is 20.3. The molecule has 0 aliphatic heterocycles. The molecule has 128 valence electrons. The van der Waals surface area contributed by atoms with E-state index >= 15 is 0 Å². The number of aliphatic hydroxyl groups is 2. The molecule has 4 N–H and O–H groups in total. The van der Waals surface area contributed by atoms with E-state index in [0.29, 0.717) is 11.1 Å². The molecule has 7 heteroatoms. The number of primary amides is 1. The Morgan fingerprint density at radius 2 is 1.50 bits per heavy atom. The van der Waals surface area contributed by atoms with Crippen LogP contribution in [0.2, 0.25) is 0 Å². The van der Waals surface area contributed by atoms with Gasteiger partial charge in [-0.15, -0.1) is 0 Å². The lowest BCUT2D eigenvalue weighted by Crippen LogP contribution is -2.16. The number of carbonyl (C=O) groups is 1. The van der Waals surface area contributed by atoms with Gasteiger partial charge in [0, 0.05) is 30.9 Å². The largest absolute Gasteiger partial charge is 0.366 e. The third-order valence-electron chi connectivity index (χ3n) is 3.60. The van der Waals surface area contributed by atoms with Crippen molar-refractivity contribution >= 4 is 5.91 Å². The van der Waals surface area contributed by atoms with Gasteiger partial charge in [0.05, 0.1) is 0 Å². The number of carbonyl (C=O) groups excluding carboxylic acids is 1. The highest BCUT2D eigenvalue weighted by atomic mass is 19.1. The molecular formula is C17H18FNO5. The van der Waals surface area contributed by atoms with E-state index in [4.69, 9.17) is 15.2 Å². The van der Waals surface area contributed by atoms with Crippen molar-refractivity contribution in [2.24, 2.45) is 5.73 Å². The topological polar surface area (TPSA) is 102 Å². The molecule has 0 aliphatic carbocycles. The number of nitrogens with two attached hydrogens (primary N) is 1. The number of ether oxygens (including phenoxy) is 2. The molecule has 2 unspecified atom stereocenters. The van der Waals surface area contributed by atoms with Gasteiger partial charge >= 0.3 is 0 Å². The molecule has 6 nitrogen and oxygen atoms in total. The van der Waals surface area contributed by atoms with E-state index in [-0.39, 0.29) is 16.7 Å². The standard InChI is InChI=1S/C17H18FNO5/c1-23-16(21)12-7-10(15(19)20)8-13(17(22)24-2)14(12)9-3-5-11(18)6-4-9/h3-8,16-17,21-22H,1-2H3,(H2,19,20). The third-order valence-corrected chi connectivity index (χ3v) is 3.60. The lowest BCUT2D eigenvalue weighted by Gasteiger charge is -2.22. The van der Waals surface area contributed by atoms with Gasteiger partial charge < -0.3 is 25.4 Å². The Balaban J connectivity index is 2.80. The van der Waals surface area contributed by atoms with Gasteiger partial charge in [-0.25, -0.2) is 4.39 Å². The molecule has 0 saturated carbocycles. The first-order valence-electron chi connectivity index (χ1n) is 7.04. The molecule has 1 amide bonds. The monoisotopic (exact) mass is 335 g/mol. The lowest BCUT2D eigenvalue weighted by molar-refractivity contribution is -0.0808. The summed E-state index contributed by atoms with van der Waals surface area (Å²) in [6.07, 6.45) is -2.76. The van der Waals surface area contributed by atoms with Crippen LogP contribution in [-0.4, -0.2) is 30.3 Å². The molecule has 0 spiro atoms. The van der Waals surface area contributed by atoms with Crippen LogP contribution in [-0.2, 0) is 9.47 Å². The van der Waals surface area contributed by atoms with Crippen LogP contribution >= 0.6 is 0 Å². The second-order valence-electron chi connectivity index (χ2n) is 5.08. The Morgan fingerprint density at radius 3 is 1.88 bits per heavy atom. The summed E-state index contributed by atoms with van der Waals surface area (Å²) in [6, 6.07) is 8.16. The smallest absolute Gasteiger partial charge is 0.248 e. The van der Waals surface area contributed by atoms with Crippen LogP contribution in [0.1, 0.15) is 34.1 Å². The summed E-state index contributed by atoms with van der Waals surface area (Å²) in [5.74, 6) is -1.18. The summed E-state index contributed by atoms with van der Waals surface area (Å²) in [7, 11) is 2.56. The number of benzene rings is 2. The Hall–Kier alpha value is -2.32. The normalized spacial score (nSPS) is 13.5. The molecule has 0 heterocycles. The predicted molar refractivity (Wildman–Crippen MR) is 84.3 cm³/mol. The van der Waals surface area contributed by atoms with Crippen LogP contribution in [0.15, 0.2) is 36.4 Å². The molecular weight excluding hydrogens is 317 g/mol. The highest BCUT2D eigenvalue weighted by Crippen LogP contribution is 2.36. The molecule has 2 rings (SSSR count). The van der Waals surface area contributed by atoms with Gasteiger partial charge in [-0.3, -0.25) is 4.79 Å². The van der Waals surface area contributed by atoms with Crippen LogP contribution in [0.4, 0.5) is 4.39 Å². The first-order chi connectivity index (χ1) is 11.4. The third kappa shape index (κ3) is 3.60. The minimum Gasteiger partial charge on any atom is -0.366 e. The minimum atomic E-state index is -1.38. The number of amides is 1. The Morgan fingerprint density at radius 1 is 1.04 bits per heavy atom. The van der Waals surface area contributed by atoms with E-state index in [1.165, 1.54) is 50.6 Å². The Labute approximate surface area is 138 Å². The average molecular weight is 335 g/mol. The van der Waals surface area contributed by atoms with Gasteiger partial charge in [-0.1, -0.05) is 12.1 Å². The number of rotatable bonds is 6. The Kier molecular flexibility index (Phi) is 5.63. The Bertz CT molecular complexity index is 701. The summed E-state index contributed by atoms with van der Waals surface area (Å²) < 4.78 is 23.1. The quantitative estimate of drug-likeness (QED) is 0.700. The van der Waals surface area contributed by atoms with Crippen molar-refractivity contribution in [3.05, 3.63) is 58.9 Å². The molecule has 0 saturated heterocycles. The molecule has 2 aromatic carbocycles. The fraction of sp³-hybridized carbons (Fsp3) is 0.235.